The second-order valence-corrected chi connectivity index (χ2v) is 5.13. The minimum absolute atomic E-state index is 0.0951. The van der Waals surface area contributed by atoms with Gasteiger partial charge in [0.2, 0.25) is 0 Å². The molecular weight excluding hydrogens is 228 g/mol. The molecule has 1 heterocycles. The molecule has 0 radical (unpaired) electrons. The van der Waals surface area contributed by atoms with Crippen LogP contribution in [0.15, 0.2) is 0 Å². The van der Waals surface area contributed by atoms with Gasteiger partial charge in [-0.2, -0.15) is 0 Å². The maximum atomic E-state index is 11.1. The van der Waals surface area contributed by atoms with E-state index < -0.39 is 0 Å². The lowest BCUT2D eigenvalue weighted by atomic mass is 10.0. The Morgan fingerprint density at radius 3 is 2.83 bits per heavy atom. The van der Waals surface area contributed by atoms with Gasteiger partial charge in [0.25, 0.3) is 0 Å². The van der Waals surface area contributed by atoms with Crippen LogP contribution in [0.3, 0.4) is 0 Å². The Balaban J connectivity index is 2.22. The highest BCUT2D eigenvalue weighted by Crippen LogP contribution is 2.09. The first-order valence-electron chi connectivity index (χ1n) is 7.28. The average molecular weight is 256 g/mol. The van der Waals surface area contributed by atoms with Gasteiger partial charge >= 0.3 is 5.97 Å². The fraction of sp³-hybridized carbons (Fsp3) is 0.929. The van der Waals surface area contributed by atoms with Gasteiger partial charge in [-0.15, -0.1) is 0 Å². The van der Waals surface area contributed by atoms with E-state index in [1.54, 1.807) is 0 Å². The SMILES string of the molecule is CCCN(CCCC(=O)OC)CC1CCCCN1. The molecule has 0 aromatic heterocycles. The van der Waals surface area contributed by atoms with Gasteiger partial charge < -0.3 is 15.0 Å². The molecule has 0 amide bonds. The maximum Gasteiger partial charge on any atom is 0.305 e. The van der Waals surface area contributed by atoms with Crippen molar-refractivity contribution in [1.82, 2.24) is 10.2 Å². The van der Waals surface area contributed by atoms with Crippen LogP contribution in [0.4, 0.5) is 0 Å². The van der Waals surface area contributed by atoms with Crippen LogP contribution >= 0.6 is 0 Å². The molecule has 1 saturated heterocycles. The maximum absolute atomic E-state index is 11.1. The van der Waals surface area contributed by atoms with Crippen molar-refractivity contribution in [2.75, 3.05) is 33.3 Å². The van der Waals surface area contributed by atoms with Gasteiger partial charge in [-0.1, -0.05) is 13.3 Å². The van der Waals surface area contributed by atoms with Crippen LogP contribution in [0.5, 0.6) is 0 Å². The fourth-order valence-electron chi connectivity index (χ4n) is 2.55. The minimum atomic E-state index is -0.0951. The van der Waals surface area contributed by atoms with E-state index in [4.69, 9.17) is 0 Å². The third-order valence-corrected chi connectivity index (χ3v) is 3.51. The van der Waals surface area contributed by atoms with Crippen molar-refractivity contribution in [2.45, 2.75) is 51.5 Å². The van der Waals surface area contributed by atoms with Gasteiger partial charge in [0, 0.05) is 19.0 Å². The van der Waals surface area contributed by atoms with Gasteiger partial charge in [0.05, 0.1) is 7.11 Å². The number of carbonyl (C=O) groups is 1. The Morgan fingerprint density at radius 1 is 1.39 bits per heavy atom. The van der Waals surface area contributed by atoms with Gasteiger partial charge in [0.1, 0.15) is 0 Å². The van der Waals surface area contributed by atoms with Crippen LogP contribution in [-0.2, 0) is 9.53 Å². The summed E-state index contributed by atoms with van der Waals surface area (Å²) in [6, 6.07) is 0.642. The Kier molecular flexibility index (Phi) is 8.01. The van der Waals surface area contributed by atoms with Crippen LogP contribution in [-0.4, -0.2) is 50.2 Å². The standard InChI is InChI=1S/C14H28N2O2/c1-3-10-16(11-6-8-14(17)18-2)12-13-7-4-5-9-15-13/h13,15H,3-12H2,1-2H3. The van der Waals surface area contributed by atoms with E-state index in [9.17, 15) is 4.79 Å². The highest BCUT2D eigenvalue weighted by atomic mass is 16.5. The topological polar surface area (TPSA) is 41.6 Å². The molecule has 0 saturated carbocycles. The zero-order valence-electron chi connectivity index (χ0n) is 11.9. The van der Waals surface area contributed by atoms with Crippen LogP contribution in [0.25, 0.3) is 0 Å². The third kappa shape index (κ3) is 6.36. The number of carbonyl (C=O) groups excluding carboxylic acids is 1. The van der Waals surface area contributed by atoms with Crippen molar-refractivity contribution >= 4 is 5.97 Å². The molecule has 18 heavy (non-hydrogen) atoms. The zero-order chi connectivity index (χ0) is 13.2. The highest BCUT2D eigenvalue weighted by Gasteiger charge is 2.16. The summed E-state index contributed by atoms with van der Waals surface area (Å²) in [6.45, 7) is 6.61. The number of piperidine rings is 1. The van der Waals surface area contributed by atoms with E-state index in [2.05, 4.69) is 21.9 Å². The molecule has 0 spiro atoms. The molecular formula is C14H28N2O2. The van der Waals surface area contributed by atoms with Crippen LogP contribution in [0.1, 0.15) is 45.4 Å². The Hall–Kier alpha value is -0.610. The quantitative estimate of drug-likeness (QED) is 0.672. The molecule has 1 N–H and O–H groups in total. The van der Waals surface area contributed by atoms with Crippen molar-refractivity contribution in [3.8, 4) is 0 Å². The van der Waals surface area contributed by atoms with E-state index in [-0.39, 0.29) is 5.97 Å². The van der Waals surface area contributed by atoms with E-state index in [1.807, 2.05) is 0 Å². The summed E-state index contributed by atoms with van der Waals surface area (Å²) >= 11 is 0. The summed E-state index contributed by atoms with van der Waals surface area (Å²) in [5, 5.41) is 3.59. The lowest BCUT2D eigenvalue weighted by Gasteiger charge is -2.30. The third-order valence-electron chi connectivity index (χ3n) is 3.51. The fourth-order valence-corrected chi connectivity index (χ4v) is 2.55. The second kappa shape index (κ2) is 9.34. The molecule has 106 valence electrons. The first kappa shape index (κ1) is 15.4. The monoisotopic (exact) mass is 256 g/mol. The number of nitrogens with one attached hydrogen (secondary N) is 1. The van der Waals surface area contributed by atoms with Crippen molar-refractivity contribution in [3.05, 3.63) is 0 Å². The Labute approximate surface area is 111 Å². The molecule has 1 unspecified atom stereocenters. The number of methoxy groups -OCH3 is 1. The lowest BCUT2D eigenvalue weighted by Crippen LogP contribution is -2.44. The van der Waals surface area contributed by atoms with Gasteiger partial charge in [0.15, 0.2) is 0 Å². The molecule has 0 bridgehead atoms. The molecule has 1 rings (SSSR count). The number of rotatable bonds is 8. The molecule has 1 atom stereocenters. The smallest absolute Gasteiger partial charge is 0.305 e. The molecule has 4 heteroatoms. The van der Waals surface area contributed by atoms with Crippen LogP contribution in [0.2, 0.25) is 0 Å². The van der Waals surface area contributed by atoms with E-state index in [0.717, 1.165) is 32.6 Å². The first-order valence-corrected chi connectivity index (χ1v) is 7.28. The number of hydrogen-bond donors (Lipinski definition) is 1. The normalized spacial score (nSPS) is 20.1. The summed E-state index contributed by atoms with van der Waals surface area (Å²) in [7, 11) is 1.46. The molecule has 1 aliphatic heterocycles. The highest BCUT2D eigenvalue weighted by molar-refractivity contribution is 5.69. The van der Waals surface area contributed by atoms with E-state index >= 15 is 0 Å². The number of hydrogen-bond acceptors (Lipinski definition) is 4. The molecule has 0 aromatic rings. The van der Waals surface area contributed by atoms with Gasteiger partial charge in [-0.05, 0) is 45.3 Å². The molecule has 0 aromatic carbocycles. The Bertz CT molecular complexity index is 228. The van der Waals surface area contributed by atoms with Crippen molar-refractivity contribution in [2.24, 2.45) is 0 Å². The Morgan fingerprint density at radius 2 is 2.22 bits per heavy atom. The summed E-state index contributed by atoms with van der Waals surface area (Å²) in [6.07, 6.45) is 6.56. The van der Waals surface area contributed by atoms with Crippen LogP contribution in [0, 0.1) is 0 Å². The summed E-state index contributed by atoms with van der Waals surface area (Å²) < 4.78 is 4.67. The number of esters is 1. The minimum Gasteiger partial charge on any atom is -0.469 e. The van der Waals surface area contributed by atoms with Crippen molar-refractivity contribution in [3.63, 3.8) is 0 Å². The first-order chi connectivity index (χ1) is 8.76. The van der Waals surface area contributed by atoms with Crippen molar-refractivity contribution < 1.29 is 9.53 Å². The zero-order valence-corrected chi connectivity index (χ0v) is 11.9. The molecule has 1 aliphatic rings. The molecule has 1 fully saturated rings. The molecule has 0 aliphatic carbocycles. The predicted octanol–water partition coefficient (Wildman–Crippen LogP) is 1.79. The van der Waals surface area contributed by atoms with E-state index in [1.165, 1.54) is 32.8 Å². The summed E-state index contributed by atoms with van der Waals surface area (Å²) in [4.78, 5) is 13.6. The number of ether oxygens (including phenoxy) is 1. The van der Waals surface area contributed by atoms with Crippen LogP contribution < -0.4 is 5.32 Å². The van der Waals surface area contributed by atoms with Gasteiger partial charge in [-0.25, -0.2) is 0 Å². The predicted molar refractivity (Wildman–Crippen MR) is 73.6 cm³/mol. The summed E-state index contributed by atoms with van der Waals surface area (Å²) in [5.74, 6) is -0.0951. The largest absolute Gasteiger partial charge is 0.469 e. The van der Waals surface area contributed by atoms with Gasteiger partial charge in [-0.3, -0.25) is 4.79 Å². The van der Waals surface area contributed by atoms with Crippen molar-refractivity contribution in [1.29, 1.82) is 0 Å². The molecule has 4 nitrogen and oxygen atoms in total. The average Bonchev–Trinajstić information content (AvgIpc) is 2.40. The second-order valence-electron chi connectivity index (χ2n) is 5.13. The van der Waals surface area contributed by atoms with E-state index in [0.29, 0.717) is 12.5 Å². The summed E-state index contributed by atoms with van der Waals surface area (Å²) in [5.41, 5.74) is 0. The lowest BCUT2D eigenvalue weighted by molar-refractivity contribution is -0.140. The number of nitrogens with zero attached hydrogens (tertiary/aromatic N) is 1.